The molecule has 1 rings (SSSR count). The van der Waals surface area contributed by atoms with Gasteiger partial charge in [-0.05, 0) is 12.2 Å². The molecule has 1 unspecified atom stereocenters. The zero-order valence-electron chi connectivity index (χ0n) is 10.4. The van der Waals surface area contributed by atoms with Crippen LogP contribution in [-0.2, 0) is 9.59 Å². The van der Waals surface area contributed by atoms with Gasteiger partial charge < -0.3 is 0 Å². The van der Waals surface area contributed by atoms with Crippen molar-refractivity contribution in [1.82, 2.24) is 10.2 Å². The zero-order chi connectivity index (χ0) is 13.1. The van der Waals surface area contributed by atoms with Crippen molar-refractivity contribution >= 4 is 29.6 Å². The molecule has 6 heteroatoms. The van der Waals surface area contributed by atoms with Gasteiger partial charge in [-0.25, -0.2) is 4.79 Å². The van der Waals surface area contributed by atoms with Gasteiger partial charge in [0.2, 0.25) is 11.8 Å². The summed E-state index contributed by atoms with van der Waals surface area (Å²) in [6, 6.07) is -0.631. The van der Waals surface area contributed by atoms with E-state index in [-0.39, 0.29) is 5.91 Å². The maximum Gasteiger partial charge on any atom is 0.330 e. The Bertz CT molecular complexity index is 346. The number of amides is 4. The molecule has 0 aromatic heterocycles. The molecule has 0 saturated carbocycles. The Labute approximate surface area is 105 Å². The number of hydrogen-bond acceptors (Lipinski definition) is 4. The lowest BCUT2D eigenvalue weighted by Crippen LogP contribution is -2.63. The van der Waals surface area contributed by atoms with Crippen LogP contribution in [0.2, 0.25) is 0 Å². The molecule has 1 N–H and O–H groups in total. The van der Waals surface area contributed by atoms with Gasteiger partial charge in [0.05, 0.1) is 0 Å². The lowest BCUT2D eigenvalue weighted by atomic mass is 9.81. The number of carbonyl (C=O) groups excluding carboxylic acids is 3. The molecule has 1 atom stereocenters. The minimum atomic E-state index is -1.07. The molecule has 0 bridgehead atoms. The Morgan fingerprint density at radius 1 is 1.29 bits per heavy atom. The molecule has 1 heterocycles. The predicted molar refractivity (Wildman–Crippen MR) is 66.6 cm³/mol. The van der Waals surface area contributed by atoms with Crippen LogP contribution in [0, 0.1) is 5.41 Å². The summed E-state index contributed by atoms with van der Waals surface area (Å²) in [5, 5.41) is 2.26. The van der Waals surface area contributed by atoms with Crippen molar-refractivity contribution in [2.75, 3.05) is 18.6 Å². The highest BCUT2D eigenvalue weighted by molar-refractivity contribution is 7.99. The van der Waals surface area contributed by atoms with Gasteiger partial charge in [0.1, 0.15) is 5.41 Å². The average Bonchev–Trinajstić information content (AvgIpc) is 2.30. The fourth-order valence-corrected chi connectivity index (χ4v) is 2.89. The maximum atomic E-state index is 12.2. The molecule has 0 aromatic carbocycles. The molecule has 17 heavy (non-hydrogen) atoms. The molecule has 0 aromatic rings. The van der Waals surface area contributed by atoms with Gasteiger partial charge in [0.25, 0.3) is 0 Å². The zero-order valence-corrected chi connectivity index (χ0v) is 11.2. The second kappa shape index (κ2) is 5.53. The number of urea groups is 1. The van der Waals surface area contributed by atoms with Gasteiger partial charge in [-0.15, -0.1) is 0 Å². The van der Waals surface area contributed by atoms with Crippen LogP contribution in [0.15, 0.2) is 0 Å². The van der Waals surface area contributed by atoms with Crippen LogP contribution in [0.5, 0.6) is 0 Å². The van der Waals surface area contributed by atoms with Crippen molar-refractivity contribution in [3.05, 3.63) is 0 Å². The van der Waals surface area contributed by atoms with Gasteiger partial charge >= 0.3 is 6.03 Å². The number of hydrogen-bond donors (Lipinski definition) is 1. The Hall–Kier alpha value is -1.04. The first-order valence-corrected chi connectivity index (χ1v) is 6.86. The maximum absolute atomic E-state index is 12.2. The summed E-state index contributed by atoms with van der Waals surface area (Å²) in [6.07, 6.45) is 1.20. The second-order valence-corrected chi connectivity index (χ2v) is 5.37. The highest BCUT2D eigenvalue weighted by Crippen LogP contribution is 2.33. The molecule has 5 nitrogen and oxygen atoms in total. The lowest BCUT2D eigenvalue weighted by Gasteiger charge is -2.37. The second-order valence-electron chi connectivity index (χ2n) is 4.09. The van der Waals surface area contributed by atoms with E-state index in [1.54, 1.807) is 11.8 Å². The normalized spacial score (nSPS) is 25.1. The molecule has 1 fully saturated rings. The summed E-state index contributed by atoms with van der Waals surface area (Å²) in [7, 11) is 1.41. The van der Waals surface area contributed by atoms with Crippen LogP contribution in [0.25, 0.3) is 0 Å². The van der Waals surface area contributed by atoms with Crippen LogP contribution in [-0.4, -0.2) is 41.3 Å². The highest BCUT2D eigenvalue weighted by atomic mass is 32.2. The smallest absolute Gasteiger partial charge is 0.277 e. The number of rotatable bonds is 5. The minimum absolute atomic E-state index is 0.381. The van der Waals surface area contributed by atoms with Crippen molar-refractivity contribution in [2.45, 2.75) is 26.7 Å². The third-order valence-corrected chi connectivity index (χ3v) is 4.01. The molecule has 0 radical (unpaired) electrons. The Morgan fingerprint density at radius 3 is 2.47 bits per heavy atom. The molecular weight excluding hydrogens is 240 g/mol. The minimum Gasteiger partial charge on any atom is -0.277 e. The third-order valence-electron chi connectivity index (χ3n) is 2.90. The van der Waals surface area contributed by atoms with E-state index >= 15 is 0 Å². The standard InChI is InChI=1S/C11H18N2O3S/c1-4-6-11(7-17-5-2)8(14)12-10(16)13(3)9(11)15/h4-7H2,1-3H3,(H,12,14,16). The van der Waals surface area contributed by atoms with Crippen LogP contribution >= 0.6 is 11.8 Å². The molecule has 1 aliphatic heterocycles. The SMILES string of the molecule is CCCC1(CSCC)C(=O)NC(=O)N(C)C1=O. The summed E-state index contributed by atoms with van der Waals surface area (Å²) in [4.78, 5) is 36.5. The van der Waals surface area contributed by atoms with Crippen LogP contribution in [0.3, 0.4) is 0 Å². The van der Waals surface area contributed by atoms with E-state index in [1.165, 1.54) is 7.05 Å². The van der Waals surface area contributed by atoms with Crippen molar-refractivity contribution in [1.29, 1.82) is 0 Å². The van der Waals surface area contributed by atoms with E-state index in [9.17, 15) is 14.4 Å². The van der Waals surface area contributed by atoms with Crippen LogP contribution in [0.4, 0.5) is 4.79 Å². The fraction of sp³-hybridized carbons (Fsp3) is 0.727. The van der Waals surface area contributed by atoms with Gasteiger partial charge in [-0.1, -0.05) is 20.3 Å². The quantitative estimate of drug-likeness (QED) is 0.753. The first-order valence-electron chi connectivity index (χ1n) is 5.71. The molecule has 1 aliphatic rings. The van der Waals surface area contributed by atoms with Gasteiger partial charge in [0, 0.05) is 12.8 Å². The average molecular weight is 258 g/mol. The number of nitrogens with zero attached hydrogens (tertiary/aromatic N) is 1. The van der Waals surface area contributed by atoms with Crippen molar-refractivity contribution in [3.63, 3.8) is 0 Å². The van der Waals surface area contributed by atoms with Gasteiger partial charge in [0.15, 0.2) is 0 Å². The first kappa shape index (κ1) is 14.0. The van der Waals surface area contributed by atoms with E-state index in [4.69, 9.17) is 0 Å². The van der Waals surface area contributed by atoms with E-state index in [1.807, 2.05) is 13.8 Å². The van der Waals surface area contributed by atoms with E-state index in [2.05, 4.69) is 5.32 Å². The van der Waals surface area contributed by atoms with E-state index in [0.717, 1.165) is 17.1 Å². The number of carbonyl (C=O) groups is 3. The molecule has 96 valence electrons. The van der Waals surface area contributed by atoms with E-state index < -0.39 is 17.4 Å². The Morgan fingerprint density at radius 2 is 1.94 bits per heavy atom. The highest BCUT2D eigenvalue weighted by Gasteiger charge is 2.51. The summed E-state index contributed by atoms with van der Waals surface area (Å²) in [6.45, 7) is 3.90. The molecule has 0 spiro atoms. The molecular formula is C11H18N2O3S. The summed E-state index contributed by atoms with van der Waals surface area (Å²) >= 11 is 1.54. The monoisotopic (exact) mass is 258 g/mol. The largest absolute Gasteiger partial charge is 0.330 e. The first-order chi connectivity index (χ1) is 7.99. The molecule has 4 amide bonds. The number of thioether (sulfide) groups is 1. The third kappa shape index (κ3) is 2.46. The van der Waals surface area contributed by atoms with Crippen LogP contribution < -0.4 is 5.32 Å². The van der Waals surface area contributed by atoms with Gasteiger partial charge in [-0.3, -0.25) is 19.8 Å². The van der Waals surface area contributed by atoms with Crippen molar-refractivity contribution < 1.29 is 14.4 Å². The lowest BCUT2D eigenvalue weighted by molar-refractivity contribution is -0.149. The van der Waals surface area contributed by atoms with Crippen molar-refractivity contribution in [2.24, 2.45) is 5.41 Å². The molecule has 0 aliphatic carbocycles. The number of barbiturate groups is 1. The number of nitrogens with one attached hydrogen (secondary N) is 1. The fourth-order valence-electron chi connectivity index (χ4n) is 1.93. The van der Waals surface area contributed by atoms with Gasteiger partial charge in [-0.2, -0.15) is 11.8 Å². The van der Waals surface area contributed by atoms with Crippen molar-refractivity contribution in [3.8, 4) is 0 Å². The Balaban J connectivity index is 3.03. The predicted octanol–water partition coefficient (Wildman–Crippen LogP) is 1.23. The Kier molecular flexibility index (Phi) is 4.56. The molecule has 1 saturated heterocycles. The van der Waals surface area contributed by atoms with E-state index in [0.29, 0.717) is 12.2 Å². The summed E-state index contributed by atoms with van der Waals surface area (Å²) in [5.74, 6) is 0.436. The summed E-state index contributed by atoms with van der Waals surface area (Å²) < 4.78 is 0. The summed E-state index contributed by atoms with van der Waals surface area (Å²) in [5.41, 5.74) is -1.07. The number of imide groups is 2. The topological polar surface area (TPSA) is 66.5 Å². The van der Waals surface area contributed by atoms with Crippen LogP contribution in [0.1, 0.15) is 26.7 Å².